The Morgan fingerprint density at radius 3 is 2.62 bits per heavy atom. The smallest absolute Gasteiger partial charge is 0.257 e. The number of anilines is 1. The molecule has 3 heterocycles. The summed E-state index contributed by atoms with van der Waals surface area (Å²) in [5.74, 6) is 1.40. The Balaban J connectivity index is 1.11. The van der Waals surface area contributed by atoms with Crippen LogP contribution in [0.4, 0.5) is 5.95 Å². The van der Waals surface area contributed by atoms with Crippen molar-refractivity contribution >= 4 is 46.1 Å². The number of halogens is 2. The van der Waals surface area contributed by atoms with E-state index in [1.54, 1.807) is 24.3 Å². The molecule has 1 saturated heterocycles. The summed E-state index contributed by atoms with van der Waals surface area (Å²) in [6.45, 7) is 6.59. The van der Waals surface area contributed by atoms with Crippen molar-refractivity contribution in [2.75, 3.05) is 45.7 Å². The first kappa shape index (κ1) is 35.7. The number of hydrogen-bond donors (Lipinski definition) is 2. The topological polar surface area (TPSA) is 104 Å². The number of ether oxygens (including phenoxy) is 1. The molecule has 264 valence electrons. The molecule has 1 unspecified atom stereocenters. The van der Waals surface area contributed by atoms with Crippen LogP contribution in [0.2, 0.25) is 10.0 Å². The molecule has 5 aromatic rings. The Labute approximate surface area is 304 Å². The van der Waals surface area contributed by atoms with Crippen LogP contribution in [0.25, 0.3) is 22.3 Å². The minimum atomic E-state index is -0.134. The first-order valence-corrected chi connectivity index (χ1v) is 18.3. The van der Waals surface area contributed by atoms with Crippen LogP contribution in [-0.4, -0.2) is 87.0 Å². The second kappa shape index (κ2) is 16.7. The fraction of sp³-hybridized carbons (Fsp3) is 0.421. The number of unbranched alkanes of at least 4 members (excludes halogenated alkanes) is 2. The van der Waals surface area contributed by atoms with Gasteiger partial charge in [-0.15, -0.1) is 0 Å². The van der Waals surface area contributed by atoms with Gasteiger partial charge in [-0.05, 0) is 80.3 Å². The first-order chi connectivity index (χ1) is 24.3. The molecule has 3 aromatic carbocycles. The molecule has 6 rings (SSSR count). The molecule has 1 amide bonds. The van der Waals surface area contributed by atoms with Crippen molar-refractivity contribution in [3.05, 3.63) is 88.0 Å². The Morgan fingerprint density at radius 1 is 1.06 bits per heavy atom. The van der Waals surface area contributed by atoms with E-state index in [0.717, 1.165) is 74.5 Å². The summed E-state index contributed by atoms with van der Waals surface area (Å²) >= 11 is 12.8. The van der Waals surface area contributed by atoms with E-state index in [1.165, 1.54) is 18.4 Å². The number of rotatable bonds is 15. The molecule has 2 aromatic heterocycles. The van der Waals surface area contributed by atoms with Gasteiger partial charge in [-0.25, -0.2) is 4.98 Å². The third kappa shape index (κ3) is 8.42. The van der Waals surface area contributed by atoms with Crippen LogP contribution in [0.15, 0.2) is 66.9 Å². The maximum Gasteiger partial charge on any atom is 0.257 e. The van der Waals surface area contributed by atoms with Gasteiger partial charge in [-0.3, -0.25) is 4.79 Å². The second-order valence-electron chi connectivity index (χ2n) is 13.2. The van der Waals surface area contributed by atoms with Crippen LogP contribution < -0.4 is 10.1 Å². The molecule has 12 heteroatoms. The molecule has 1 atom stereocenters. The molecule has 1 fully saturated rings. The van der Waals surface area contributed by atoms with E-state index >= 15 is 0 Å². The monoisotopic (exact) mass is 716 g/mol. The zero-order valence-electron chi connectivity index (χ0n) is 29.0. The summed E-state index contributed by atoms with van der Waals surface area (Å²) in [6.07, 6.45) is 8.11. The van der Waals surface area contributed by atoms with Crippen molar-refractivity contribution in [3.8, 4) is 17.0 Å². The number of methoxy groups -OCH3 is 1. The molecule has 2 N–H and O–H groups in total. The van der Waals surface area contributed by atoms with Crippen LogP contribution in [0.3, 0.4) is 0 Å². The first-order valence-electron chi connectivity index (χ1n) is 17.5. The summed E-state index contributed by atoms with van der Waals surface area (Å²) in [6, 6.07) is 20.0. The highest BCUT2D eigenvalue weighted by Crippen LogP contribution is 2.31. The molecule has 0 aliphatic carbocycles. The van der Waals surface area contributed by atoms with Crippen molar-refractivity contribution < 1.29 is 9.53 Å². The average Bonchev–Trinajstić information content (AvgIpc) is 3.80. The van der Waals surface area contributed by atoms with Crippen molar-refractivity contribution in [2.45, 2.75) is 64.0 Å². The molecular formula is C38H46Cl2N8O2. The number of aromatic nitrogens is 5. The number of imidazole rings is 1. The molecule has 0 bridgehead atoms. The lowest BCUT2D eigenvalue weighted by Crippen LogP contribution is -2.40. The minimum absolute atomic E-state index is 0.0438. The quantitative estimate of drug-likeness (QED) is 0.105. The number of amides is 1. The van der Waals surface area contributed by atoms with Crippen LogP contribution in [0, 0.1) is 0 Å². The van der Waals surface area contributed by atoms with Crippen molar-refractivity contribution in [3.63, 3.8) is 0 Å². The van der Waals surface area contributed by atoms with E-state index in [0.29, 0.717) is 39.6 Å². The number of likely N-dealkylation sites (N-methyl/N-ethyl adjacent to an activating group) is 1. The number of likely N-dealkylation sites (tertiary alicyclic amines) is 1. The predicted molar refractivity (Wildman–Crippen MR) is 201 cm³/mol. The highest BCUT2D eigenvalue weighted by Gasteiger charge is 2.26. The minimum Gasteiger partial charge on any atom is -0.496 e. The van der Waals surface area contributed by atoms with Gasteiger partial charge in [0, 0.05) is 50.7 Å². The van der Waals surface area contributed by atoms with Crippen molar-refractivity contribution in [2.24, 2.45) is 0 Å². The number of carbonyl (C=O) groups excluding carboxylic acids is 1. The van der Waals surface area contributed by atoms with Gasteiger partial charge in [-0.1, -0.05) is 61.2 Å². The zero-order chi connectivity index (χ0) is 35.0. The standard InChI is InChI=1S/C38H46Cl2N8O2/c1-4-5-8-18-48-35-10-7-6-9-33(35)43-38(48)42-29-16-20-47(21-17-29)19-15-28(26-11-13-31(39)32(40)23-26)25-46(2)37(49)30-22-27(12-14-36(30)50-3)34-24-41-45-44-34/h6-7,9-14,22-24,28-29H,4-5,8,15-21,25H2,1-3H3,(H,42,43)(H,41,44,45). The summed E-state index contributed by atoms with van der Waals surface area (Å²) < 4.78 is 7.94. The average molecular weight is 718 g/mol. The molecule has 10 nitrogen and oxygen atoms in total. The van der Waals surface area contributed by atoms with E-state index in [2.05, 4.69) is 61.4 Å². The molecule has 1 aliphatic rings. The normalized spacial score (nSPS) is 14.6. The van der Waals surface area contributed by atoms with E-state index in [9.17, 15) is 4.79 Å². The number of para-hydroxylation sites is 2. The third-order valence-corrected chi connectivity index (χ3v) is 10.5. The van der Waals surface area contributed by atoms with Crippen LogP contribution in [-0.2, 0) is 6.54 Å². The Bertz CT molecular complexity index is 1870. The number of benzene rings is 3. The molecular weight excluding hydrogens is 671 g/mol. The number of H-pyrrole nitrogens is 1. The predicted octanol–water partition coefficient (Wildman–Crippen LogP) is 8.15. The highest BCUT2D eigenvalue weighted by molar-refractivity contribution is 6.42. The van der Waals surface area contributed by atoms with Gasteiger partial charge in [-0.2, -0.15) is 15.4 Å². The van der Waals surface area contributed by atoms with Crippen molar-refractivity contribution in [1.82, 2.24) is 34.8 Å². The van der Waals surface area contributed by atoms with Gasteiger partial charge in [0.05, 0.1) is 39.9 Å². The Kier molecular flexibility index (Phi) is 11.9. The van der Waals surface area contributed by atoms with Gasteiger partial charge in [0.1, 0.15) is 11.4 Å². The second-order valence-corrected chi connectivity index (χ2v) is 14.0. The fourth-order valence-electron chi connectivity index (χ4n) is 6.88. The number of nitrogens with one attached hydrogen (secondary N) is 2. The number of piperidine rings is 1. The summed E-state index contributed by atoms with van der Waals surface area (Å²) in [4.78, 5) is 23.2. The molecule has 1 aliphatic heterocycles. The van der Waals surface area contributed by atoms with Gasteiger partial charge in [0.15, 0.2) is 0 Å². The molecule has 0 radical (unpaired) electrons. The van der Waals surface area contributed by atoms with E-state index < -0.39 is 0 Å². The number of fused-ring (bicyclic) bond motifs is 1. The zero-order valence-corrected chi connectivity index (χ0v) is 30.6. The number of carbonyl (C=O) groups is 1. The fourth-order valence-corrected chi connectivity index (χ4v) is 7.18. The number of nitrogens with zero attached hydrogens (tertiary/aromatic N) is 6. The Hall–Kier alpha value is -4.12. The van der Waals surface area contributed by atoms with Gasteiger partial charge in [0.25, 0.3) is 5.91 Å². The highest BCUT2D eigenvalue weighted by atomic mass is 35.5. The summed E-state index contributed by atoms with van der Waals surface area (Å²) in [5, 5.41) is 15.5. The summed E-state index contributed by atoms with van der Waals surface area (Å²) in [5.41, 5.74) is 5.20. The number of hydrogen-bond acceptors (Lipinski definition) is 7. The number of aryl methyl sites for hydroxylation is 1. The lowest BCUT2D eigenvalue weighted by Gasteiger charge is -2.34. The van der Waals surface area contributed by atoms with Crippen LogP contribution >= 0.6 is 23.2 Å². The lowest BCUT2D eigenvalue weighted by molar-refractivity contribution is 0.0778. The molecule has 50 heavy (non-hydrogen) atoms. The molecule has 0 spiro atoms. The van der Waals surface area contributed by atoms with Gasteiger partial charge < -0.3 is 24.4 Å². The van der Waals surface area contributed by atoms with E-state index in [-0.39, 0.29) is 11.8 Å². The third-order valence-electron chi connectivity index (χ3n) is 9.75. The van der Waals surface area contributed by atoms with E-state index in [1.807, 2.05) is 37.4 Å². The van der Waals surface area contributed by atoms with Crippen LogP contribution in [0.1, 0.15) is 67.3 Å². The number of aromatic amines is 1. The lowest BCUT2D eigenvalue weighted by atomic mass is 9.93. The SMILES string of the molecule is CCCCCn1c(NC2CCN(CCC(CN(C)C(=O)c3cc(-c4cn[nH]n4)ccc3OC)c3ccc(Cl)c(Cl)c3)CC2)nc2ccccc21. The molecule has 0 saturated carbocycles. The van der Waals surface area contributed by atoms with Crippen LogP contribution in [0.5, 0.6) is 5.75 Å². The maximum absolute atomic E-state index is 13.9. The van der Waals surface area contributed by atoms with Crippen molar-refractivity contribution in [1.29, 1.82) is 0 Å². The van der Waals surface area contributed by atoms with Gasteiger partial charge in [0.2, 0.25) is 5.95 Å². The largest absolute Gasteiger partial charge is 0.496 e. The Morgan fingerprint density at radius 2 is 1.88 bits per heavy atom. The summed E-state index contributed by atoms with van der Waals surface area (Å²) in [7, 11) is 3.41. The van der Waals surface area contributed by atoms with E-state index in [4.69, 9.17) is 32.9 Å². The van der Waals surface area contributed by atoms with Gasteiger partial charge >= 0.3 is 0 Å². The maximum atomic E-state index is 13.9.